The average molecular weight is 517 g/mol. The molecule has 0 amide bonds. The number of aliphatic hydroxyl groups excluding tert-OH is 2. The van der Waals surface area contributed by atoms with Gasteiger partial charge in [0.05, 0.1) is 31.6 Å². The third-order valence-electron chi connectivity index (χ3n) is 6.21. The van der Waals surface area contributed by atoms with E-state index >= 15 is 0 Å². The first-order valence-electron chi connectivity index (χ1n) is 11.3. The molecule has 1 atom stereocenters. The van der Waals surface area contributed by atoms with Crippen LogP contribution < -0.4 is 4.90 Å². The molecule has 8 nitrogen and oxygen atoms in total. The minimum Gasteiger partial charge on any atom is -0.394 e. The van der Waals surface area contributed by atoms with E-state index < -0.39 is 6.10 Å². The molecule has 2 aromatic carbocycles. The lowest BCUT2D eigenvalue weighted by Crippen LogP contribution is -2.48. The fourth-order valence-corrected chi connectivity index (χ4v) is 4.59. The minimum absolute atomic E-state index is 0. The van der Waals surface area contributed by atoms with Gasteiger partial charge < -0.3 is 19.7 Å². The summed E-state index contributed by atoms with van der Waals surface area (Å²) in [5.74, 6) is 0.813. The number of aromatic nitrogens is 4. The van der Waals surface area contributed by atoms with Crippen molar-refractivity contribution < 1.29 is 10.2 Å². The highest BCUT2D eigenvalue weighted by Crippen LogP contribution is 2.31. The topological polar surface area (TPSA) is 90.5 Å². The van der Waals surface area contributed by atoms with E-state index in [0.29, 0.717) is 5.65 Å². The van der Waals surface area contributed by atoms with Crippen molar-refractivity contribution in [2.45, 2.75) is 18.7 Å². The number of hydrogen-bond donors (Lipinski definition) is 2. The van der Waals surface area contributed by atoms with Crippen LogP contribution in [0.15, 0.2) is 73.3 Å². The maximum atomic E-state index is 9.82. The van der Waals surface area contributed by atoms with Crippen molar-refractivity contribution in [3.05, 3.63) is 84.4 Å². The van der Waals surface area contributed by atoms with Crippen molar-refractivity contribution in [2.24, 2.45) is 0 Å². The van der Waals surface area contributed by atoms with Crippen molar-refractivity contribution in [3.63, 3.8) is 0 Å². The normalized spacial score (nSPS) is 15.0. The first kappa shape index (κ1) is 26.8. The first-order chi connectivity index (χ1) is 16.2. The molecule has 1 fully saturated rings. The second kappa shape index (κ2) is 12.3. The zero-order valence-corrected chi connectivity index (χ0v) is 20.9. The molecule has 0 saturated carbocycles. The molecule has 0 bridgehead atoms. The SMILES string of the molecule is Cl.Cl.OCC(O)Cn1cnc2c(N3CCN(C(c4ccccc4)c4ccccc4)CC3)ncnc21. The number of piperazine rings is 1. The molecule has 1 aliphatic heterocycles. The smallest absolute Gasteiger partial charge is 0.165 e. The molecule has 186 valence electrons. The molecule has 3 heterocycles. The van der Waals surface area contributed by atoms with Gasteiger partial charge >= 0.3 is 0 Å². The Hall–Kier alpha value is -2.75. The van der Waals surface area contributed by atoms with Crippen LogP contribution in [-0.4, -0.2) is 73.5 Å². The molecule has 1 unspecified atom stereocenters. The monoisotopic (exact) mass is 516 g/mol. The van der Waals surface area contributed by atoms with Crippen LogP contribution in [0.25, 0.3) is 11.2 Å². The van der Waals surface area contributed by atoms with Gasteiger partial charge in [-0.3, -0.25) is 4.90 Å². The van der Waals surface area contributed by atoms with Gasteiger partial charge in [-0.1, -0.05) is 60.7 Å². The Morgan fingerprint density at radius 2 is 1.40 bits per heavy atom. The predicted octanol–water partition coefficient (Wildman–Crippen LogP) is 2.93. The van der Waals surface area contributed by atoms with Crippen LogP contribution in [0.3, 0.4) is 0 Å². The van der Waals surface area contributed by atoms with E-state index in [1.165, 1.54) is 11.1 Å². The predicted molar refractivity (Wildman–Crippen MR) is 141 cm³/mol. The number of hydrogen-bond acceptors (Lipinski definition) is 7. The Balaban J connectivity index is 0.00000171. The molecule has 10 heteroatoms. The molecular formula is C25H30Cl2N6O2. The molecule has 0 aliphatic carbocycles. The molecule has 35 heavy (non-hydrogen) atoms. The van der Waals surface area contributed by atoms with Gasteiger partial charge in [-0.2, -0.15) is 0 Å². The lowest BCUT2D eigenvalue weighted by atomic mass is 9.96. The molecule has 4 aromatic rings. The van der Waals surface area contributed by atoms with Gasteiger partial charge in [0.25, 0.3) is 0 Å². The van der Waals surface area contributed by atoms with Gasteiger partial charge in [0.15, 0.2) is 17.0 Å². The zero-order valence-electron chi connectivity index (χ0n) is 19.2. The minimum atomic E-state index is -0.850. The largest absolute Gasteiger partial charge is 0.394 e. The summed E-state index contributed by atoms with van der Waals surface area (Å²) in [4.78, 5) is 18.2. The van der Waals surface area contributed by atoms with Crippen LogP contribution in [0.2, 0.25) is 0 Å². The molecule has 2 N–H and O–H groups in total. The second-order valence-electron chi connectivity index (χ2n) is 8.35. The molecular weight excluding hydrogens is 487 g/mol. The standard InChI is InChI=1S/C25H28N6O2.2ClH/c32-16-21(33)15-31-18-28-22-24(26-17-27-25(22)31)30-13-11-29(12-14-30)23(19-7-3-1-4-8-19)20-9-5-2-6-10-20;;/h1-10,17-18,21,23,32-33H,11-16H2;2*1H. The van der Waals surface area contributed by atoms with E-state index in [1.54, 1.807) is 17.2 Å². The lowest BCUT2D eigenvalue weighted by Gasteiger charge is -2.40. The van der Waals surface area contributed by atoms with Crippen LogP contribution in [0.5, 0.6) is 0 Å². The highest BCUT2D eigenvalue weighted by molar-refractivity contribution is 5.85. The van der Waals surface area contributed by atoms with Crippen LogP contribution in [0.4, 0.5) is 5.82 Å². The first-order valence-corrected chi connectivity index (χ1v) is 11.3. The van der Waals surface area contributed by atoms with Crippen molar-refractivity contribution in [1.29, 1.82) is 0 Å². The summed E-state index contributed by atoms with van der Waals surface area (Å²) >= 11 is 0. The summed E-state index contributed by atoms with van der Waals surface area (Å²) in [6.45, 7) is 3.38. The molecule has 5 rings (SSSR count). The summed E-state index contributed by atoms with van der Waals surface area (Å²) in [6, 6.07) is 21.5. The third kappa shape index (κ3) is 5.74. The second-order valence-corrected chi connectivity index (χ2v) is 8.35. The van der Waals surface area contributed by atoms with Gasteiger partial charge in [0, 0.05) is 26.2 Å². The van der Waals surface area contributed by atoms with Crippen LogP contribution in [0.1, 0.15) is 17.2 Å². The number of fused-ring (bicyclic) bond motifs is 1. The van der Waals surface area contributed by atoms with E-state index in [9.17, 15) is 5.11 Å². The summed E-state index contributed by atoms with van der Waals surface area (Å²) in [6.07, 6.45) is 2.35. The van der Waals surface area contributed by atoms with E-state index in [4.69, 9.17) is 5.11 Å². The van der Waals surface area contributed by atoms with Crippen LogP contribution in [0, 0.1) is 0 Å². The van der Waals surface area contributed by atoms with Crippen LogP contribution >= 0.6 is 24.8 Å². The molecule has 0 radical (unpaired) electrons. The number of halogens is 2. The maximum absolute atomic E-state index is 9.82. The van der Waals surface area contributed by atoms with Crippen molar-refractivity contribution >= 4 is 41.8 Å². The highest BCUT2D eigenvalue weighted by Gasteiger charge is 2.28. The van der Waals surface area contributed by atoms with Gasteiger partial charge in [-0.25, -0.2) is 15.0 Å². The van der Waals surface area contributed by atoms with E-state index in [0.717, 1.165) is 37.5 Å². The third-order valence-corrected chi connectivity index (χ3v) is 6.21. The number of nitrogens with zero attached hydrogens (tertiary/aromatic N) is 6. The Kier molecular flexibility index (Phi) is 9.42. The Bertz CT molecular complexity index is 1150. The fourth-order valence-electron chi connectivity index (χ4n) is 4.59. The van der Waals surface area contributed by atoms with Gasteiger partial charge in [-0.05, 0) is 11.1 Å². The molecule has 0 spiro atoms. The lowest BCUT2D eigenvalue weighted by molar-refractivity contribution is 0.0820. The van der Waals surface area contributed by atoms with E-state index in [1.807, 2.05) is 0 Å². The molecule has 1 saturated heterocycles. The van der Waals surface area contributed by atoms with Gasteiger partial charge in [-0.15, -0.1) is 24.8 Å². The number of benzene rings is 2. The van der Waals surface area contributed by atoms with Crippen molar-refractivity contribution in [1.82, 2.24) is 24.4 Å². The summed E-state index contributed by atoms with van der Waals surface area (Å²) in [7, 11) is 0. The Morgan fingerprint density at radius 3 is 1.97 bits per heavy atom. The molecule has 1 aliphatic rings. The number of aliphatic hydroxyl groups is 2. The average Bonchev–Trinajstić information content (AvgIpc) is 3.29. The maximum Gasteiger partial charge on any atom is 0.165 e. The number of rotatable bonds is 7. The number of anilines is 1. The van der Waals surface area contributed by atoms with Crippen molar-refractivity contribution in [3.8, 4) is 0 Å². The van der Waals surface area contributed by atoms with Gasteiger partial charge in [0.1, 0.15) is 6.33 Å². The van der Waals surface area contributed by atoms with E-state index in [2.05, 4.69) is 85.4 Å². The summed E-state index contributed by atoms with van der Waals surface area (Å²) < 4.78 is 1.76. The Morgan fingerprint density at radius 1 is 0.800 bits per heavy atom. The zero-order chi connectivity index (χ0) is 22.6. The summed E-state index contributed by atoms with van der Waals surface area (Å²) in [5.41, 5.74) is 3.98. The summed E-state index contributed by atoms with van der Waals surface area (Å²) in [5, 5.41) is 19.0. The Labute approximate surface area is 217 Å². The van der Waals surface area contributed by atoms with E-state index in [-0.39, 0.29) is 44.0 Å². The number of imidazole rings is 1. The molecule has 2 aromatic heterocycles. The fraction of sp³-hybridized carbons (Fsp3) is 0.320. The van der Waals surface area contributed by atoms with Gasteiger partial charge in [0.2, 0.25) is 0 Å². The van der Waals surface area contributed by atoms with Crippen molar-refractivity contribution in [2.75, 3.05) is 37.7 Å². The highest BCUT2D eigenvalue weighted by atomic mass is 35.5. The quantitative estimate of drug-likeness (QED) is 0.390. The van der Waals surface area contributed by atoms with Crippen LogP contribution in [-0.2, 0) is 6.54 Å².